The molecule has 0 spiro atoms. The second-order valence-corrected chi connectivity index (χ2v) is 4.44. The minimum atomic E-state index is -0.374. The van der Waals surface area contributed by atoms with Crippen molar-refractivity contribution < 1.29 is 8.78 Å². The van der Waals surface area contributed by atoms with Gasteiger partial charge in [-0.15, -0.1) is 0 Å². The lowest BCUT2D eigenvalue weighted by atomic mass is 10.1. The van der Waals surface area contributed by atoms with Gasteiger partial charge in [-0.2, -0.15) is 0 Å². The van der Waals surface area contributed by atoms with E-state index in [0.29, 0.717) is 11.4 Å². The maximum atomic E-state index is 13.8. The zero-order valence-corrected chi connectivity index (χ0v) is 11.0. The zero-order chi connectivity index (χ0) is 13.8. The van der Waals surface area contributed by atoms with Gasteiger partial charge in [-0.1, -0.05) is 19.1 Å². The van der Waals surface area contributed by atoms with Gasteiger partial charge in [0.05, 0.1) is 23.6 Å². The third kappa shape index (κ3) is 3.08. The number of nitrogens with one attached hydrogen (secondary N) is 1. The van der Waals surface area contributed by atoms with Gasteiger partial charge in [-0.25, -0.2) is 8.78 Å². The standard InChI is InChI=1S/C15H16F2N2/c1-3-13(14-8-7-11(16)9-18-14)19-15-10(2)5-4-6-12(15)17/h4-9,13,19H,3H2,1-2H3. The summed E-state index contributed by atoms with van der Waals surface area (Å²) in [7, 11) is 0. The van der Waals surface area contributed by atoms with Gasteiger partial charge in [-0.3, -0.25) is 4.98 Å². The first-order chi connectivity index (χ1) is 9.11. The van der Waals surface area contributed by atoms with Crippen LogP contribution in [0.25, 0.3) is 0 Å². The van der Waals surface area contributed by atoms with Gasteiger partial charge in [0.25, 0.3) is 0 Å². The lowest BCUT2D eigenvalue weighted by Crippen LogP contribution is -2.13. The molecule has 1 atom stereocenters. The highest BCUT2D eigenvalue weighted by Gasteiger charge is 2.14. The normalized spacial score (nSPS) is 12.2. The minimum absolute atomic E-state index is 0.142. The topological polar surface area (TPSA) is 24.9 Å². The largest absolute Gasteiger partial charge is 0.374 e. The monoisotopic (exact) mass is 262 g/mol. The van der Waals surface area contributed by atoms with Crippen LogP contribution in [-0.4, -0.2) is 4.98 Å². The van der Waals surface area contributed by atoms with Crippen LogP contribution in [0.1, 0.15) is 30.6 Å². The SMILES string of the molecule is CCC(Nc1c(C)cccc1F)c1ccc(F)cn1. The van der Waals surface area contributed by atoms with E-state index in [1.807, 2.05) is 19.9 Å². The van der Waals surface area contributed by atoms with E-state index >= 15 is 0 Å². The molecular formula is C15H16F2N2. The van der Waals surface area contributed by atoms with E-state index in [9.17, 15) is 8.78 Å². The molecule has 2 nitrogen and oxygen atoms in total. The molecule has 0 aliphatic rings. The Kier molecular flexibility index (Phi) is 4.10. The van der Waals surface area contributed by atoms with E-state index in [1.54, 1.807) is 12.1 Å². The Morgan fingerprint density at radius 1 is 1.21 bits per heavy atom. The first-order valence-electron chi connectivity index (χ1n) is 6.25. The molecule has 100 valence electrons. The maximum absolute atomic E-state index is 13.8. The molecule has 0 fully saturated rings. The summed E-state index contributed by atoms with van der Waals surface area (Å²) < 4.78 is 26.7. The number of para-hydroxylation sites is 1. The highest BCUT2D eigenvalue weighted by atomic mass is 19.1. The molecule has 0 radical (unpaired) electrons. The number of benzene rings is 1. The number of pyridine rings is 1. The molecule has 0 amide bonds. The van der Waals surface area contributed by atoms with Crippen molar-refractivity contribution in [2.45, 2.75) is 26.3 Å². The highest BCUT2D eigenvalue weighted by molar-refractivity contribution is 5.52. The third-order valence-electron chi connectivity index (χ3n) is 3.06. The molecule has 1 aromatic heterocycles. The number of hydrogen-bond donors (Lipinski definition) is 1. The van der Waals surface area contributed by atoms with Crippen molar-refractivity contribution in [1.29, 1.82) is 0 Å². The fraction of sp³-hybridized carbons (Fsp3) is 0.267. The quantitative estimate of drug-likeness (QED) is 0.891. The smallest absolute Gasteiger partial charge is 0.146 e. The second kappa shape index (κ2) is 5.78. The van der Waals surface area contributed by atoms with Gasteiger partial charge in [0.2, 0.25) is 0 Å². The fourth-order valence-electron chi connectivity index (χ4n) is 1.97. The number of aromatic nitrogens is 1. The average Bonchev–Trinajstić information content (AvgIpc) is 2.40. The van der Waals surface area contributed by atoms with Gasteiger partial charge >= 0.3 is 0 Å². The van der Waals surface area contributed by atoms with E-state index in [2.05, 4.69) is 10.3 Å². The van der Waals surface area contributed by atoms with E-state index in [1.165, 1.54) is 18.3 Å². The molecule has 0 saturated carbocycles. The van der Waals surface area contributed by atoms with Crippen LogP contribution in [0.4, 0.5) is 14.5 Å². The van der Waals surface area contributed by atoms with E-state index in [0.717, 1.165) is 12.0 Å². The molecule has 2 aromatic rings. The molecule has 1 unspecified atom stereocenters. The van der Waals surface area contributed by atoms with Crippen LogP contribution < -0.4 is 5.32 Å². The molecule has 0 bridgehead atoms. The van der Waals surface area contributed by atoms with Crippen molar-refractivity contribution in [3.05, 3.63) is 59.4 Å². The molecule has 0 aliphatic heterocycles. The van der Waals surface area contributed by atoms with Crippen LogP contribution >= 0.6 is 0 Å². The van der Waals surface area contributed by atoms with Crippen LogP contribution in [0.5, 0.6) is 0 Å². The van der Waals surface area contributed by atoms with Crippen molar-refractivity contribution in [3.8, 4) is 0 Å². The Hall–Kier alpha value is -1.97. The third-order valence-corrected chi connectivity index (χ3v) is 3.06. The Morgan fingerprint density at radius 2 is 2.00 bits per heavy atom. The van der Waals surface area contributed by atoms with Crippen molar-refractivity contribution in [2.24, 2.45) is 0 Å². The molecule has 1 N–H and O–H groups in total. The molecule has 1 aromatic carbocycles. The van der Waals surface area contributed by atoms with Crippen molar-refractivity contribution >= 4 is 5.69 Å². The van der Waals surface area contributed by atoms with Crippen LogP contribution in [0.15, 0.2) is 36.5 Å². The van der Waals surface area contributed by atoms with Crippen LogP contribution in [0.2, 0.25) is 0 Å². The molecule has 0 aliphatic carbocycles. The molecular weight excluding hydrogens is 246 g/mol. The van der Waals surface area contributed by atoms with Gasteiger partial charge in [0.15, 0.2) is 0 Å². The number of hydrogen-bond acceptors (Lipinski definition) is 2. The molecule has 2 rings (SSSR count). The summed E-state index contributed by atoms with van der Waals surface area (Å²) in [5.41, 5.74) is 2.01. The second-order valence-electron chi connectivity index (χ2n) is 4.44. The summed E-state index contributed by atoms with van der Waals surface area (Å²) in [5.74, 6) is -0.666. The molecule has 0 saturated heterocycles. The number of aryl methyl sites for hydroxylation is 1. The Bertz CT molecular complexity index is 532. The lowest BCUT2D eigenvalue weighted by Gasteiger charge is -2.19. The predicted octanol–water partition coefficient (Wildman–Crippen LogP) is 4.23. The first kappa shape index (κ1) is 13.5. The van der Waals surface area contributed by atoms with E-state index in [4.69, 9.17) is 0 Å². The highest BCUT2D eigenvalue weighted by Crippen LogP contribution is 2.26. The Labute approximate surface area is 111 Å². The minimum Gasteiger partial charge on any atom is -0.374 e. The number of nitrogens with zero attached hydrogens (tertiary/aromatic N) is 1. The first-order valence-corrected chi connectivity index (χ1v) is 6.25. The Morgan fingerprint density at radius 3 is 2.58 bits per heavy atom. The van der Waals surface area contributed by atoms with Crippen LogP contribution in [0.3, 0.4) is 0 Å². The van der Waals surface area contributed by atoms with E-state index < -0.39 is 0 Å². The van der Waals surface area contributed by atoms with Gasteiger partial charge < -0.3 is 5.32 Å². The zero-order valence-electron chi connectivity index (χ0n) is 11.0. The van der Waals surface area contributed by atoms with Gasteiger partial charge in [0, 0.05) is 0 Å². The van der Waals surface area contributed by atoms with Crippen molar-refractivity contribution in [1.82, 2.24) is 4.98 Å². The predicted molar refractivity (Wildman–Crippen MR) is 72.0 cm³/mol. The summed E-state index contributed by atoms with van der Waals surface area (Å²) in [6.45, 7) is 3.81. The van der Waals surface area contributed by atoms with E-state index in [-0.39, 0.29) is 17.7 Å². The van der Waals surface area contributed by atoms with Gasteiger partial charge in [0.1, 0.15) is 11.6 Å². The summed E-state index contributed by atoms with van der Waals surface area (Å²) in [6.07, 6.45) is 1.90. The molecule has 19 heavy (non-hydrogen) atoms. The summed E-state index contributed by atoms with van der Waals surface area (Å²) in [6, 6.07) is 7.77. The van der Waals surface area contributed by atoms with Crippen LogP contribution in [-0.2, 0) is 0 Å². The average molecular weight is 262 g/mol. The Balaban J connectivity index is 2.26. The lowest BCUT2D eigenvalue weighted by molar-refractivity contribution is 0.609. The number of rotatable bonds is 4. The summed E-state index contributed by atoms with van der Waals surface area (Å²) in [5, 5.41) is 3.14. The van der Waals surface area contributed by atoms with Crippen molar-refractivity contribution in [2.75, 3.05) is 5.32 Å². The molecule has 4 heteroatoms. The van der Waals surface area contributed by atoms with Crippen LogP contribution in [0, 0.1) is 18.6 Å². The maximum Gasteiger partial charge on any atom is 0.146 e. The fourth-order valence-corrected chi connectivity index (χ4v) is 1.97. The summed E-state index contributed by atoms with van der Waals surface area (Å²) >= 11 is 0. The summed E-state index contributed by atoms with van der Waals surface area (Å²) in [4.78, 5) is 4.04. The molecule has 1 heterocycles. The van der Waals surface area contributed by atoms with Gasteiger partial charge in [-0.05, 0) is 37.1 Å². The number of anilines is 1. The number of halogens is 2. The van der Waals surface area contributed by atoms with Crippen molar-refractivity contribution in [3.63, 3.8) is 0 Å².